The largest absolute Gasteiger partial charge is 0.497 e. The lowest BCUT2D eigenvalue weighted by atomic mass is 10.2. The van der Waals surface area contributed by atoms with Crippen LogP contribution in [-0.4, -0.2) is 25.2 Å². The van der Waals surface area contributed by atoms with Crippen molar-refractivity contribution in [2.24, 2.45) is 5.10 Å². The molecule has 0 atom stereocenters. The summed E-state index contributed by atoms with van der Waals surface area (Å²) in [6.45, 7) is 2.49. The summed E-state index contributed by atoms with van der Waals surface area (Å²) >= 11 is 0. The number of benzene rings is 4. The molecule has 0 fully saturated rings. The van der Waals surface area contributed by atoms with E-state index in [9.17, 15) is 9.59 Å². The molecular weight excluding hydrogens is 468 g/mol. The van der Waals surface area contributed by atoms with Crippen LogP contribution in [0.4, 0.5) is 0 Å². The summed E-state index contributed by atoms with van der Waals surface area (Å²) in [6.07, 6.45) is 1.51. The van der Waals surface area contributed by atoms with E-state index in [4.69, 9.17) is 14.2 Å². The van der Waals surface area contributed by atoms with Crippen LogP contribution in [0.3, 0.4) is 0 Å². The Kier molecular flexibility index (Phi) is 8.29. The molecule has 7 nitrogen and oxygen atoms in total. The number of esters is 1. The lowest BCUT2D eigenvalue weighted by molar-refractivity contribution is 0.0734. The van der Waals surface area contributed by atoms with Gasteiger partial charge in [0.2, 0.25) is 0 Å². The van der Waals surface area contributed by atoms with Crippen molar-refractivity contribution in [1.82, 2.24) is 5.43 Å². The van der Waals surface area contributed by atoms with E-state index in [0.717, 1.165) is 11.1 Å². The lowest BCUT2D eigenvalue weighted by Crippen LogP contribution is -2.17. The number of methoxy groups -OCH3 is 1. The van der Waals surface area contributed by atoms with Gasteiger partial charge in [-0.2, -0.15) is 5.10 Å². The van der Waals surface area contributed by atoms with Crippen LogP contribution < -0.4 is 19.6 Å². The molecule has 4 aromatic carbocycles. The molecule has 0 aliphatic rings. The van der Waals surface area contributed by atoms with Crippen LogP contribution >= 0.6 is 0 Å². The van der Waals surface area contributed by atoms with E-state index in [0.29, 0.717) is 35.0 Å². The first kappa shape index (κ1) is 25.2. The molecule has 4 rings (SSSR count). The van der Waals surface area contributed by atoms with Gasteiger partial charge in [-0.25, -0.2) is 10.2 Å². The Morgan fingerprint density at radius 2 is 1.35 bits per heavy atom. The molecule has 0 aromatic heterocycles. The summed E-state index contributed by atoms with van der Waals surface area (Å²) in [4.78, 5) is 24.6. The Hall–Kier alpha value is -4.91. The highest BCUT2D eigenvalue weighted by Crippen LogP contribution is 2.17. The predicted octanol–water partition coefficient (Wildman–Crippen LogP) is 5.57. The Labute approximate surface area is 215 Å². The Morgan fingerprint density at radius 3 is 2.00 bits per heavy atom. The van der Waals surface area contributed by atoms with Gasteiger partial charge in [-0.3, -0.25) is 4.79 Å². The standard InChI is InChI=1S/C30H26N2O5/c1-21-3-5-23(6-4-21)20-36-27-17-9-24(10-18-27)29(33)32-31-19-22-7-13-28(14-8-22)37-30(34)25-11-15-26(35-2)16-12-25/h3-19H,20H2,1-2H3,(H,32,33). The zero-order valence-electron chi connectivity index (χ0n) is 20.5. The fraction of sp³-hybridized carbons (Fsp3) is 0.100. The van der Waals surface area contributed by atoms with Crippen molar-refractivity contribution in [1.29, 1.82) is 0 Å². The van der Waals surface area contributed by atoms with Gasteiger partial charge >= 0.3 is 5.97 Å². The van der Waals surface area contributed by atoms with E-state index in [1.54, 1.807) is 79.9 Å². The number of nitrogens with one attached hydrogen (secondary N) is 1. The number of rotatable bonds is 9. The van der Waals surface area contributed by atoms with E-state index in [2.05, 4.69) is 10.5 Å². The lowest BCUT2D eigenvalue weighted by Gasteiger charge is -2.07. The third-order valence-corrected chi connectivity index (χ3v) is 5.44. The minimum absolute atomic E-state index is 0.341. The summed E-state index contributed by atoms with van der Waals surface area (Å²) in [6, 6.07) is 28.4. The average molecular weight is 495 g/mol. The van der Waals surface area contributed by atoms with Crippen LogP contribution in [0.15, 0.2) is 102 Å². The first-order chi connectivity index (χ1) is 18.0. The van der Waals surface area contributed by atoms with Crippen LogP contribution in [0.2, 0.25) is 0 Å². The molecule has 1 amide bonds. The Morgan fingerprint density at radius 1 is 0.757 bits per heavy atom. The van der Waals surface area contributed by atoms with Gasteiger partial charge in [0, 0.05) is 5.56 Å². The topological polar surface area (TPSA) is 86.2 Å². The summed E-state index contributed by atoms with van der Waals surface area (Å²) in [5, 5.41) is 4.00. The minimum Gasteiger partial charge on any atom is -0.497 e. The van der Waals surface area contributed by atoms with E-state index in [1.807, 2.05) is 31.2 Å². The molecule has 186 valence electrons. The number of ether oxygens (including phenoxy) is 3. The molecule has 0 radical (unpaired) electrons. The van der Waals surface area contributed by atoms with Crippen molar-refractivity contribution in [3.8, 4) is 17.2 Å². The van der Waals surface area contributed by atoms with E-state index >= 15 is 0 Å². The molecule has 0 spiro atoms. The van der Waals surface area contributed by atoms with Gasteiger partial charge in [-0.05, 0) is 90.8 Å². The van der Waals surface area contributed by atoms with Crippen LogP contribution in [0.1, 0.15) is 37.4 Å². The van der Waals surface area contributed by atoms with Crippen molar-refractivity contribution in [3.05, 3.63) is 125 Å². The fourth-order valence-electron chi connectivity index (χ4n) is 3.30. The monoisotopic (exact) mass is 494 g/mol. The molecular formula is C30H26N2O5. The van der Waals surface area contributed by atoms with E-state index < -0.39 is 5.97 Å². The third-order valence-electron chi connectivity index (χ3n) is 5.44. The molecule has 4 aromatic rings. The smallest absolute Gasteiger partial charge is 0.343 e. The molecule has 37 heavy (non-hydrogen) atoms. The van der Waals surface area contributed by atoms with Crippen LogP contribution in [0.25, 0.3) is 0 Å². The SMILES string of the molecule is COc1ccc(C(=O)Oc2ccc(C=NNC(=O)c3ccc(OCc4ccc(C)cc4)cc3)cc2)cc1. The molecule has 0 bridgehead atoms. The first-order valence-electron chi connectivity index (χ1n) is 11.6. The van der Waals surface area contributed by atoms with Crippen LogP contribution in [-0.2, 0) is 6.61 Å². The van der Waals surface area contributed by atoms with Crippen LogP contribution in [0, 0.1) is 6.92 Å². The molecule has 0 saturated heterocycles. The summed E-state index contributed by atoms with van der Waals surface area (Å²) in [5.74, 6) is 0.918. The normalized spacial score (nSPS) is 10.6. The van der Waals surface area contributed by atoms with Gasteiger partial charge in [-0.1, -0.05) is 29.8 Å². The fourth-order valence-corrected chi connectivity index (χ4v) is 3.30. The number of carbonyl (C=O) groups excluding carboxylic acids is 2. The van der Waals surface area contributed by atoms with Gasteiger partial charge in [-0.15, -0.1) is 0 Å². The minimum atomic E-state index is -0.470. The zero-order valence-corrected chi connectivity index (χ0v) is 20.5. The maximum atomic E-state index is 12.4. The van der Waals surface area contributed by atoms with Crippen molar-refractivity contribution in [2.45, 2.75) is 13.5 Å². The highest BCUT2D eigenvalue weighted by molar-refractivity contribution is 5.95. The highest BCUT2D eigenvalue weighted by atomic mass is 16.5. The number of carbonyl (C=O) groups is 2. The first-order valence-corrected chi connectivity index (χ1v) is 11.6. The Bertz CT molecular complexity index is 1360. The van der Waals surface area contributed by atoms with Crippen molar-refractivity contribution >= 4 is 18.1 Å². The molecule has 0 heterocycles. The number of nitrogens with zero attached hydrogens (tertiary/aromatic N) is 1. The van der Waals surface area contributed by atoms with Crippen molar-refractivity contribution in [3.63, 3.8) is 0 Å². The molecule has 7 heteroatoms. The second-order valence-electron chi connectivity index (χ2n) is 8.18. The molecule has 0 unspecified atom stereocenters. The average Bonchev–Trinajstić information content (AvgIpc) is 2.94. The molecule has 0 saturated carbocycles. The summed E-state index contributed by atoms with van der Waals surface area (Å²) in [7, 11) is 1.56. The molecule has 0 aliphatic carbocycles. The molecule has 0 aliphatic heterocycles. The molecule has 1 N–H and O–H groups in total. The van der Waals surface area contributed by atoms with E-state index in [-0.39, 0.29) is 5.91 Å². The van der Waals surface area contributed by atoms with Gasteiger partial charge in [0.05, 0.1) is 18.9 Å². The maximum Gasteiger partial charge on any atom is 0.343 e. The van der Waals surface area contributed by atoms with Gasteiger partial charge < -0.3 is 14.2 Å². The van der Waals surface area contributed by atoms with Crippen LogP contribution in [0.5, 0.6) is 17.2 Å². The van der Waals surface area contributed by atoms with Crippen molar-refractivity contribution in [2.75, 3.05) is 7.11 Å². The van der Waals surface area contributed by atoms with Gasteiger partial charge in [0.25, 0.3) is 5.91 Å². The maximum absolute atomic E-state index is 12.4. The highest BCUT2D eigenvalue weighted by Gasteiger charge is 2.09. The summed E-state index contributed by atoms with van der Waals surface area (Å²) in [5.41, 5.74) is 6.38. The van der Waals surface area contributed by atoms with Crippen molar-refractivity contribution < 1.29 is 23.8 Å². The number of aryl methyl sites for hydroxylation is 1. The quantitative estimate of drug-likeness (QED) is 0.142. The second-order valence-corrected chi connectivity index (χ2v) is 8.18. The third kappa shape index (κ3) is 7.29. The zero-order chi connectivity index (χ0) is 26.0. The number of hydrogen-bond donors (Lipinski definition) is 1. The number of hydrazone groups is 1. The second kappa shape index (κ2) is 12.2. The number of amides is 1. The van der Waals surface area contributed by atoms with Gasteiger partial charge in [0.1, 0.15) is 23.9 Å². The van der Waals surface area contributed by atoms with Gasteiger partial charge in [0.15, 0.2) is 0 Å². The predicted molar refractivity (Wildman–Crippen MR) is 141 cm³/mol. The number of hydrogen-bond acceptors (Lipinski definition) is 6. The Balaban J connectivity index is 1.25. The van der Waals surface area contributed by atoms with E-state index in [1.165, 1.54) is 11.8 Å². The summed E-state index contributed by atoms with van der Waals surface area (Å²) < 4.78 is 16.2.